The fraction of sp³-hybridized carbons (Fsp3) is 0.412. The van der Waals surface area contributed by atoms with Crippen LogP contribution in [-0.4, -0.2) is 21.3 Å². The number of hydrogen-bond acceptors (Lipinski definition) is 3. The van der Waals surface area contributed by atoms with Crippen molar-refractivity contribution in [1.82, 2.24) is 9.36 Å². The number of nitrogens with one attached hydrogen (secondary N) is 1. The van der Waals surface area contributed by atoms with Gasteiger partial charge < -0.3 is 11.1 Å². The summed E-state index contributed by atoms with van der Waals surface area (Å²) in [5, 5.41) is 2.70. The van der Waals surface area contributed by atoms with E-state index in [1.54, 1.807) is 18.7 Å². The van der Waals surface area contributed by atoms with Crippen LogP contribution in [0.15, 0.2) is 35.1 Å². The summed E-state index contributed by atoms with van der Waals surface area (Å²) >= 11 is 0. The minimum absolute atomic E-state index is 0. The van der Waals surface area contributed by atoms with Crippen molar-refractivity contribution in [1.29, 1.82) is 0 Å². The second-order valence-corrected chi connectivity index (χ2v) is 6.16. The van der Waals surface area contributed by atoms with Crippen LogP contribution in [0.2, 0.25) is 0 Å². The van der Waals surface area contributed by atoms with Gasteiger partial charge in [0.25, 0.3) is 5.56 Å². The molecule has 24 heavy (non-hydrogen) atoms. The number of nitrogens with zero attached hydrogens (tertiary/aromatic N) is 2. The topological polar surface area (TPSA) is 82.1 Å². The van der Waals surface area contributed by atoms with Gasteiger partial charge in [0.05, 0.1) is 17.4 Å². The molecular formula is C17H25ClN4O2. The molecule has 0 fully saturated rings. The maximum absolute atomic E-state index is 12.7. The van der Waals surface area contributed by atoms with Gasteiger partial charge in [0.15, 0.2) is 0 Å². The van der Waals surface area contributed by atoms with Gasteiger partial charge in [-0.05, 0) is 31.4 Å². The molecule has 1 atom stereocenters. The standard InChI is InChI=1S/C17H24N4O2.ClH/c1-11(2)10-14(18)16(22)19-15-12(3)20(4)21(17(15)23)13-8-6-5-7-9-13;/h5-9,11,14H,10,18H2,1-4H3,(H,19,22);1H/t14-;/m0./s1. The lowest BCUT2D eigenvalue weighted by molar-refractivity contribution is -0.117. The average Bonchev–Trinajstić information content (AvgIpc) is 2.71. The van der Waals surface area contributed by atoms with Crippen LogP contribution in [0.25, 0.3) is 5.69 Å². The van der Waals surface area contributed by atoms with E-state index in [1.165, 1.54) is 4.68 Å². The first-order chi connectivity index (χ1) is 10.8. The van der Waals surface area contributed by atoms with Crippen molar-refractivity contribution in [2.45, 2.75) is 33.2 Å². The van der Waals surface area contributed by atoms with Crippen LogP contribution in [0.3, 0.4) is 0 Å². The zero-order valence-corrected chi connectivity index (χ0v) is 15.3. The molecule has 0 unspecified atom stereocenters. The number of nitrogens with two attached hydrogens (primary N) is 1. The van der Waals surface area contributed by atoms with Crippen LogP contribution in [0.1, 0.15) is 26.0 Å². The summed E-state index contributed by atoms with van der Waals surface area (Å²) < 4.78 is 3.25. The number of para-hydroxylation sites is 1. The molecule has 7 heteroatoms. The third kappa shape index (κ3) is 4.07. The van der Waals surface area contributed by atoms with Gasteiger partial charge in [0.1, 0.15) is 5.69 Å². The first-order valence-electron chi connectivity index (χ1n) is 7.73. The zero-order valence-electron chi connectivity index (χ0n) is 14.4. The Bertz CT molecular complexity index is 750. The molecule has 0 radical (unpaired) electrons. The van der Waals surface area contributed by atoms with Crippen molar-refractivity contribution in [3.63, 3.8) is 0 Å². The summed E-state index contributed by atoms with van der Waals surface area (Å²) in [6, 6.07) is 8.67. The largest absolute Gasteiger partial charge is 0.320 e. The summed E-state index contributed by atoms with van der Waals surface area (Å²) in [6.45, 7) is 5.80. The summed E-state index contributed by atoms with van der Waals surface area (Å²) in [5.74, 6) is -0.0155. The summed E-state index contributed by atoms with van der Waals surface area (Å²) in [4.78, 5) is 24.9. The Balaban J connectivity index is 0.00000288. The minimum atomic E-state index is -0.626. The highest BCUT2D eigenvalue weighted by molar-refractivity contribution is 5.95. The lowest BCUT2D eigenvalue weighted by Gasteiger charge is -2.13. The number of benzene rings is 1. The van der Waals surface area contributed by atoms with E-state index in [2.05, 4.69) is 5.32 Å². The zero-order chi connectivity index (χ0) is 17.1. The Kier molecular flexibility index (Phi) is 6.81. The van der Waals surface area contributed by atoms with Crippen LogP contribution in [-0.2, 0) is 11.8 Å². The van der Waals surface area contributed by atoms with Crippen LogP contribution in [0.5, 0.6) is 0 Å². The minimum Gasteiger partial charge on any atom is -0.320 e. The highest BCUT2D eigenvalue weighted by Gasteiger charge is 2.21. The van der Waals surface area contributed by atoms with Gasteiger partial charge in [-0.1, -0.05) is 32.0 Å². The lowest BCUT2D eigenvalue weighted by Crippen LogP contribution is -2.37. The van der Waals surface area contributed by atoms with E-state index >= 15 is 0 Å². The smallest absolute Gasteiger partial charge is 0.295 e. The van der Waals surface area contributed by atoms with Crippen LogP contribution in [0.4, 0.5) is 5.69 Å². The van der Waals surface area contributed by atoms with Gasteiger partial charge in [-0.3, -0.25) is 14.3 Å². The molecule has 1 amide bonds. The maximum atomic E-state index is 12.7. The monoisotopic (exact) mass is 352 g/mol. The number of carbonyl (C=O) groups excluding carboxylic acids is 1. The Morgan fingerprint density at radius 3 is 2.38 bits per heavy atom. The molecular weight excluding hydrogens is 328 g/mol. The van der Waals surface area contributed by atoms with Gasteiger partial charge in [0.2, 0.25) is 5.91 Å². The van der Waals surface area contributed by atoms with E-state index < -0.39 is 6.04 Å². The molecule has 0 bridgehead atoms. The SMILES string of the molecule is Cc1c(NC(=O)[C@@H](N)CC(C)C)c(=O)n(-c2ccccc2)n1C.Cl. The normalized spacial score (nSPS) is 11.9. The van der Waals surface area contributed by atoms with Gasteiger partial charge in [-0.15, -0.1) is 12.4 Å². The van der Waals surface area contributed by atoms with Crippen molar-refractivity contribution < 1.29 is 4.79 Å². The molecule has 1 aromatic heterocycles. The van der Waals surface area contributed by atoms with Crippen LogP contribution >= 0.6 is 12.4 Å². The number of aromatic nitrogens is 2. The Labute approximate surface area is 148 Å². The Morgan fingerprint density at radius 2 is 1.83 bits per heavy atom. The second-order valence-electron chi connectivity index (χ2n) is 6.16. The molecule has 1 aromatic carbocycles. The van der Waals surface area contributed by atoms with Crippen LogP contribution in [0, 0.1) is 12.8 Å². The second kappa shape index (κ2) is 8.17. The molecule has 0 saturated heterocycles. The van der Waals surface area contributed by atoms with E-state index in [1.807, 2.05) is 44.2 Å². The molecule has 2 aromatic rings. The van der Waals surface area contributed by atoms with E-state index in [4.69, 9.17) is 5.73 Å². The van der Waals surface area contributed by atoms with E-state index in [0.717, 1.165) is 5.69 Å². The Morgan fingerprint density at radius 1 is 1.25 bits per heavy atom. The summed E-state index contributed by atoms with van der Waals surface area (Å²) in [7, 11) is 1.79. The van der Waals surface area contributed by atoms with Crippen molar-refractivity contribution in [3.8, 4) is 5.69 Å². The van der Waals surface area contributed by atoms with Crippen molar-refractivity contribution in [3.05, 3.63) is 46.4 Å². The third-order valence-corrected chi connectivity index (χ3v) is 3.86. The van der Waals surface area contributed by atoms with Crippen molar-refractivity contribution in [2.24, 2.45) is 18.7 Å². The average molecular weight is 353 g/mol. The highest BCUT2D eigenvalue weighted by Crippen LogP contribution is 2.14. The first-order valence-corrected chi connectivity index (χ1v) is 7.73. The molecule has 132 valence electrons. The van der Waals surface area contributed by atoms with Gasteiger partial charge in [-0.2, -0.15) is 0 Å². The predicted octanol–water partition coefficient (Wildman–Crippen LogP) is 2.22. The fourth-order valence-electron chi connectivity index (χ4n) is 2.54. The van der Waals surface area contributed by atoms with Gasteiger partial charge >= 0.3 is 0 Å². The first kappa shape index (κ1) is 20.0. The van der Waals surface area contributed by atoms with Gasteiger partial charge in [-0.25, -0.2) is 4.68 Å². The Hall–Kier alpha value is -2.05. The predicted molar refractivity (Wildman–Crippen MR) is 99.1 cm³/mol. The summed E-state index contributed by atoms with van der Waals surface area (Å²) in [5.41, 5.74) is 7.34. The van der Waals surface area contributed by atoms with Gasteiger partial charge in [0, 0.05) is 7.05 Å². The fourth-order valence-corrected chi connectivity index (χ4v) is 2.54. The van der Waals surface area contributed by atoms with Crippen LogP contribution < -0.4 is 16.6 Å². The molecule has 2 rings (SSSR count). The number of hydrogen-bond donors (Lipinski definition) is 2. The molecule has 0 spiro atoms. The third-order valence-electron chi connectivity index (χ3n) is 3.86. The molecule has 0 aliphatic carbocycles. The maximum Gasteiger partial charge on any atom is 0.295 e. The van der Waals surface area contributed by atoms with E-state index in [0.29, 0.717) is 18.0 Å². The molecule has 1 heterocycles. The highest BCUT2D eigenvalue weighted by atomic mass is 35.5. The number of carbonyl (C=O) groups is 1. The van der Waals surface area contributed by atoms with E-state index in [-0.39, 0.29) is 29.6 Å². The molecule has 0 saturated carbocycles. The molecule has 0 aliphatic heterocycles. The summed E-state index contributed by atoms with van der Waals surface area (Å²) in [6.07, 6.45) is 0.574. The molecule has 0 aliphatic rings. The van der Waals surface area contributed by atoms with E-state index in [9.17, 15) is 9.59 Å². The molecule has 3 N–H and O–H groups in total. The number of rotatable bonds is 5. The quantitative estimate of drug-likeness (QED) is 0.865. The molecule has 6 nitrogen and oxygen atoms in total. The number of halogens is 1. The van der Waals surface area contributed by atoms with Crippen molar-refractivity contribution >= 4 is 24.0 Å². The van der Waals surface area contributed by atoms with Crippen molar-refractivity contribution in [2.75, 3.05) is 5.32 Å². The number of anilines is 1. The number of amides is 1. The lowest BCUT2D eigenvalue weighted by atomic mass is 10.0.